The number of allylic oxidation sites excluding steroid dienone is 3. The van der Waals surface area contributed by atoms with Gasteiger partial charge in [0.2, 0.25) is 0 Å². The molecule has 0 aromatic carbocycles. The molecule has 0 saturated carbocycles. The van der Waals surface area contributed by atoms with Gasteiger partial charge in [-0.3, -0.25) is 0 Å². The van der Waals surface area contributed by atoms with Crippen LogP contribution in [0.4, 0.5) is 5.82 Å². The molecule has 0 aliphatic carbocycles. The Balaban J connectivity index is 1.91. The Labute approximate surface area is 175 Å². The molecule has 1 fully saturated rings. The van der Waals surface area contributed by atoms with Crippen LogP contribution in [0.25, 0.3) is 0 Å². The Morgan fingerprint density at radius 3 is 2.52 bits per heavy atom. The van der Waals surface area contributed by atoms with Crippen LogP contribution in [0.5, 0.6) is 0 Å². The zero-order chi connectivity index (χ0) is 21.4. The first-order chi connectivity index (χ1) is 13.8. The second-order valence-corrected chi connectivity index (χ2v) is 7.64. The molecule has 0 unspecified atom stereocenters. The number of unbranched alkanes of at least 4 members (excludes halogenated alkanes) is 1. The van der Waals surface area contributed by atoms with Gasteiger partial charge in [0.25, 0.3) is 0 Å². The van der Waals surface area contributed by atoms with Gasteiger partial charge in [-0.25, -0.2) is 4.98 Å². The molecule has 0 spiro atoms. The first-order valence-electron chi connectivity index (χ1n) is 10.2. The zero-order valence-corrected chi connectivity index (χ0v) is 18.2. The quantitative estimate of drug-likeness (QED) is 0.380. The number of piperazine rings is 1. The maximum Gasteiger partial charge on any atom is 0.131 e. The van der Waals surface area contributed by atoms with Gasteiger partial charge in [0.05, 0.1) is 17.2 Å². The Morgan fingerprint density at radius 1 is 1.21 bits per heavy atom. The van der Waals surface area contributed by atoms with Gasteiger partial charge in [0.1, 0.15) is 5.82 Å². The van der Waals surface area contributed by atoms with Gasteiger partial charge in [-0.1, -0.05) is 18.7 Å². The standard InChI is InChI=1S/C23H36N6/c1-6-7-8-11-27(5)22(25)10-9-21(24)20(4)28-12-14-29(15-13-28)23-19(3)16-18(2)17-26-23/h6,9-10,16-17H,1,4,7-8,11-15,24-25H2,2-3,5H3/b21-9-,22-10+. The zero-order valence-electron chi connectivity index (χ0n) is 18.2. The van der Waals surface area contributed by atoms with E-state index in [9.17, 15) is 0 Å². The molecule has 6 nitrogen and oxygen atoms in total. The van der Waals surface area contributed by atoms with Crippen molar-refractivity contribution in [2.24, 2.45) is 11.5 Å². The third kappa shape index (κ3) is 6.31. The van der Waals surface area contributed by atoms with Crippen molar-refractivity contribution in [2.45, 2.75) is 26.7 Å². The summed E-state index contributed by atoms with van der Waals surface area (Å²) >= 11 is 0. The Morgan fingerprint density at radius 2 is 1.90 bits per heavy atom. The molecule has 0 radical (unpaired) electrons. The maximum absolute atomic E-state index is 6.27. The highest BCUT2D eigenvalue weighted by Gasteiger charge is 2.20. The molecule has 2 heterocycles. The summed E-state index contributed by atoms with van der Waals surface area (Å²) in [6.07, 6.45) is 9.56. The van der Waals surface area contributed by atoms with E-state index < -0.39 is 0 Å². The Hall–Kier alpha value is -2.89. The number of rotatable bonds is 9. The molecule has 158 valence electrons. The van der Waals surface area contributed by atoms with Crippen LogP contribution in [-0.2, 0) is 0 Å². The fourth-order valence-corrected chi connectivity index (χ4v) is 3.41. The maximum atomic E-state index is 6.27. The van der Waals surface area contributed by atoms with Crippen LogP contribution in [0.15, 0.2) is 60.9 Å². The molecule has 0 atom stereocenters. The predicted molar refractivity (Wildman–Crippen MR) is 123 cm³/mol. The van der Waals surface area contributed by atoms with E-state index in [0.717, 1.165) is 57.1 Å². The highest BCUT2D eigenvalue weighted by atomic mass is 15.3. The lowest BCUT2D eigenvalue weighted by molar-refractivity contribution is 0.326. The summed E-state index contributed by atoms with van der Waals surface area (Å²) in [4.78, 5) is 11.2. The third-order valence-electron chi connectivity index (χ3n) is 5.26. The number of hydrogen-bond donors (Lipinski definition) is 2. The van der Waals surface area contributed by atoms with Crippen molar-refractivity contribution in [1.29, 1.82) is 0 Å². The first-order valence-corrected chi connectivity index (χ1v) is 10.2. The molecule has 0 bridgehead atoms. The van der Waals surface area contributed by atoms with Crippen LogP contribution in [0.3, 0.4) is 0 Å². The lowest BCUT2D eigenvalue weighted by Crippen LogP contribution is -2.46. The molecule has 1 saturated heterocycles. The van der Waals surface area contributed by atoms with Gasteiger partial charge >= 0.3 is 0 Å². The number of pyridine rings is 1. The predicted octanol–water partition coefficient (Wildman–Crippen LogP) is 2.87. The summed E-state index contributed by atoms with van der Waals surface area (Å²) in [5, 5.41) is 0. The first kappa shape index (κ1) is 22.4. The summed E-state index contributed by atoms with van der Waals surface area (Å²) in [5.74, 6) is 1.76. The summed E-state index contributed by atoms with van der Waals surface area (Å²) < 4.78 is 0. The Bertz CT molecular complexity index is 772. The molecule has 2 rings (SSSR count). The van der Waals surface area contributed by atoms with E-state index in [2.05, 4.69) is 47.9 Å². The van der Waals surface area contributed by atoms with Crippen LogP contribution in [0, 0.1) is 13.8 Å². The van der Waals surface area contributed by atoms with Crippen molar-refractivity contribution in [3.05, 3.63) is 72.0 Å². The minimum absolute atomic E-state index is 0.644. The van der Waals surface area contributed by atoms with Crippen molar-refractivity contribution in [1.82, 2.24) is 14.8 Å². The van der Waals surface area contributed by atoms with Crippen molar-refractivity contribution < 1.29 is 0 Å². The highest BCUT2D eigenvalue weighted by molar-refractivity contribution is 5.48. The molecule has 1 aliphatic rings. The van der Waals surface area contributed by atoms with Gasteiger partial charge in [-0.15, -0.1) is 6.58 Å². The summed E-state index contributed by atoms with van der Waals surface area (Å²) in [5.41, 5.74) is 16.3. The van der Waals surface area contributed by atoms with Crippen LogP contribution < -0.4 is 16.4 Å². The minimum Gasteiger partial charge on any atom is -0.397 e. The van der Waals surface area contributed by atoms with Crippen LogP contribution in [0.2, 0.25) is 0 Å². The third-order valence-corrected chi connectivity index (χ3v) is 5.26. The average molecular weight is 397 g/mol. The molecule has 4 N–H and O–H groups in total. The van der Waals surface area contributed by atoms with E-state index in [1.807, 2.05) is 36.4 Å². The van der Waals surface area contributed by atoms with Crippen molar-refractivity contribution in [3.63, 3.8) is 0 Å². The fraction of sp³-hybridized carbons (Fsp3) is 0.435. The SMILES string of the molecule is C=CCCCN(C)/C(N)=C/C=C(\N)C(=C)N1CCN(c2ncc(C)cc2C)CC1. The van der Waals surface area contributed by atoms with Crippen LogP contribution in [-0.4, -0.2) is 54.6 Å². The van der Waals surface area contributed by atoms with E-state index in [0.29, 0.717) is 11.5 Å². The van der Waals surface area contributed by atoms with E-state index >= 15 is 0 Å². The van der Waals surface area contributed by atoms with E-state index in [-0.39, 0.29) is 0 Å². The second kappa shape index (κ2) is 10.6. The van der Waals surface area contributed by atoms with Gasteiger partial charge in [-0.05, 0) is 50.0 Å². The van der Waals surface area contributed by atoms with Crippen molar-refractivity contribution in [3.8, 4) is 0 Å². The number of nitrogens with two attached hydrogens (primary N) is 2. The summed E-state index contributed by atoms with van der Waals surface area (Å²) in [6.45, 7) is 16.5. The van der Waals surface area contributed by atoms with E-state index in [1.54, 1.807) is 0 Å². The Kier molecular flexibility index (Phi) is 8.19. The number of aryl methyl sites for hydroxylation is 2. The smallest absolute Gasteiger partial charge is 0.131 e. The van der Waals surface area contributed by atoms with Crippen LogP contribution >= 0.6 is 0 Å². The second-order valence-electron chi connectivity index (χ2n) is 7.64. The largest absolute Gasteiger partial charge is 0.397 e. The molecule has 1 aromatic rings. The average Bonchev–Trinajstić information content (AvgIpc) is 2.71. The van der Waals surface area contributed by atoms with Crippen LogP contribution in [0.1, 0.15) is 24.0 Å². The topological polar surface area (TPSA) is 74.7 Å². The number of aromatic nitrogens is 1. The van der Waals surface area contributed by atoms with Gasteiger partial charge in [-0.2, -0.15) is 0 Å². The highest BCUT2D eigenvalue weighted by Crippen LogP contribution is 2.21. The monoisotopic (exact) mass is 396 g/mol. The molecule has 0 amide bonds. The lowest BCUT2D eigenvalue weighted by atomic mass is 10.2. The molecular formula is C23H36N6. The fourth-order valence-electron chi connectivity index (χ4n) is 3.41. The molecule has 6 heteroatoms. The lowest BCUT2D eigenvalue weighted by Gasteiger charge is -2.38. The molecule has 1 aliphatic heterocycles. The van der Waals surface area contributed by atoms with E-state index in [4.69, 9.17) is 11.5 Å². The van der Waals surface area contributed by atoms with E-state index in [1.165, 1.54) is 11.1 Å². The van der Waals surface area contributed by atoms with Crippen molar-refractivity contribution in [2.75, 3.05) is 44.7 Å². The van der Waals surface area contributed by atoms with Crippen molar-refractivity contribution >= 4 is 5.82 Å². The molecule has 1 aromatic heterocycles. The summed E-state index contributed by atoms with van der Waals surface area (Å²) in [7, 11) is 1.98. The number of nitrogens with zero attached hydrogens (tertiary/aromatic N) is 4. The number of anilines is 1. The molecule has 29 heavy (non-hydrogen) atoms. The van der Waals surface area contributed by atoms with Gasteiger partial charge in [0.15, 0.2) is 0 Å². The normalized spacial score (nSPS) is 15.4. The van der Waals surface area contributed by atoms with Gasteiger partial charge in [0, 0.05) is 46.0 Å². The summed E-state index contributed by atoms with van der Waals surface area (Å²) in [6, 6.07) is 2.18. The minimum atomic E-state index is 0.644. The number of hydrogen-bond acceptors (Lipinski definition) is 6. The van der Waals surface area contributed by atoms with Gasteiger partial charge < -0.3 is 26.2 Å². The molecular weight excluding hydrogens is 360 g/mol.